The first-order chi connectivity index (χ1) is 12.3. The van der Waals surface area contributed by atoms with Gasteiger partial charge in [0, 0.05) is 44.1 Å². The second kappa shape index (κ2) is 8.14. The van der Waals surface area contributed by atoms with E-state index >= 15 is 0 Å². The van der Waals surface area contributed by atoms with Gasteiger partial charge in [0.2, 0.25) is 0 Å². The van der Waals surface area contributed by atoms with Crippen molar-refractivity contribution < 1.29 is 19.0 Å². The van der Waals surface area contributed by atoms with Crippen molar-refractivity contribution in [2.45, 2.75) is 6.10 Å². The van der Waals surface area contributed by atoms with Crippen molar-refractivity contribution in [3.05, 3.63) is 65.2 Å². The van der Waals surface area contributed by atoms with Crippen LogP contribution in [0.3, 0.4) is 0 Å². The van der Waals surface area contributed by atoms with Gasteiger partial charge in [-0.1, -0.05) is 36.4 Å². The molecule has 0 aromatic heterocycles. The molecular formula is C20H23NO4. The summed E-state index contributed by atoms with van der Waals surface area (Å²) < 4.78 is 16.2. The number of ether oxygens (including phenoxy) is 3. The summed E-state index contributed by atoms with van der Waals surface area (Å²) in [5.41, 5.74) is 3.57. The van der Waals surface area contributed by atoms with E-state index in [0.717, 1.165) is 29.9 Å². The van der Waals surface area contributed by atoms with Gasteiger partial charge in [-0.05, 0) is 12.1 Å². The minimum absolute atomic E-state index is 0.268. The minimum Gasteiger partial charge on any atom is -0.449 e. The van der Waals surface area contributed by atoms with Crippen LogP contribution in [0.5, 0.6) is 0 Å². The standard InChI is InChI=1S/C20H23NO4/c1-23-13-11-21(12-14-24-2)18-10-6-5-9-17(18)19-15-7-3-4-8-16(15)20(22)25-19/h3-10,19H,11-14H2,1-2H3. The molecule has 5 nitrogen and oxygen atoms in total. The second-order valence-electron chi connectivity index (χ2n) is 5.90. The van der Waals surface area contributed by atoms with Gasteiger partial charge in [0.15, 0.2) is 6.10 Å². The molecule has 5 heteroatoms. The molecule has 0 saturated carbocycles. The molecule has 1 atom stereocenters. The molecule has 0 saturated heterocycles. The van der Waals surface area contributed by atoms with Crippen molar-refractivity contribution in [3.8, 4) is 0 Å². The van der Waals surface area contributed by atoms with Crippen LogP contribution < -0.4 is 4.90 Å². The minimum atomic E-state index is -0.382. The lowest BCUT2D eigenvalue weighted by molar-refractivity contribution is 0.0456. The van der Waals surface area contributed by atoms with Crippen LogP contribution in [0.25, 0.3) is 0 Å². The molecule has 0 N–H and O–H groups in total. The summed E-state index contributed by atoms with van der Waals surface area (Å²) in [5.74, 6) is -0.268. The fraction of sp³-hybridized carbons (Fsp3) is 0.350. The number of esters is 1. The Hall–Kier alpha value is -2.37. The number of methoxy groups -OCH3 is 2. The molecule has 1 aliphatic rings. The van der Waals surface area contributed by atoms with E-state index in [-0.39, 0.29) is 12.1 Å². The van der Waals surface area contributed by atoms with Gasteiger partial charge in [-0.3, -0.25) is 0 Å². The molecule has 0 fully saturated rings. The number of hydrogen-bond donors (Lipinski definition) is 0. The molecular weight excluding hydrogens is 318 g/mol. The number of carbonyl (C=O) groups is 1. The van der Waals surface area contributed by atoms with Crippen molar-refractivity contribution in [2.24, 2.45) is 0 Å². The number of anilines is 1. The van der Waals surface area contributed by atoms with E-state index in [2.05, 4.69) is 11.0 Å². The predicted octanol–water partition coefficient (Wildman–Crippen LogP) is 3.05. The van der Waals surface area contributed by atoms with Gasteiger partial charge in [-0.2, -0.15) is 0 Å². The van der Waals surface area contributed by atoms with Crippen LogP contribution in [0.15, 0.2) is 48.5 Å². The van der Waals surface area contributed by atoms with Crippen molar-refractivity contribution in [3.63, 3.8) is 0 Å². The Kier molecular flexibility index (Phi) is 5.68. The average molecular weight is 341 g/mol. The van der Waals surface area contributed by atoms with Crippen LogP contribution in [0.2, 0.25) is 0 Å². The normalized spacial score (nSPS) is 15.8. The van der Waals surface area contributed by atoms with Gasteiger partial charge in [-0.25, -0.2) is 4.79 Å². The molecule has 2 aromatic rings. The molecule has 0 radical (unpaired) electrons. The van der Waals surface area contributed by atoms with Crippen molar-refractivity contribution in [1.82, 2.24) is 0 Å². The van der Waals surface area contributed by atoms with Gasteiger partial charge >= 0.3 is 5.97 Å². The fourth-order valence-corrected chi connectivity index (χ4v) is 3.13. The van der Waals surface area contributed by atoms with Gasteiger partial charge in [0.25, 0.3) is 0 Å². The molecule has 2 aromatic carbocycles. The van der Waals surface area contributed by atoms with Crippen molar-refractivity contribution in [2.75, 3.05) is 45.4 Å². The largest absolute Gasteiger partial charge is 0.449 e. The SMILES string of the molecule is COCCN(CCOC)c1ccccc1C1OC(=O)c2ccccc21. The van der Waals surface area contributed by atoms with Crippen LogP contribution in [-0.4, -0.2) is 46.5 Å². The third-order valence-electron chi connectivity index (χ3n) is 4.38. The molecule has 1 aliphatic heterocycles. The number of carbonyl (C=O) groups excluding carboxylic acids is 1. The van der Waals surface area contributed by atoms with E-state index in [1.54, 1.807) is 14.2 Å². The summed E-state index contributed by atoms with van der Waals surface area (Å²) in [6, 6.07) is 15.6. The van der Waals surface area contributed by atoms with E-state index in [4.69, 9.17) is 14.2 Å². The van der Waals surface area contributed by atoms with E-state index in [9.17, 15) is 4.79 Å². The first kappa shape index (κ1) is 17.5. The Morgan fingerprint density at radius 1 is 0.920 bits per heavy atom. The monoisotopic (exact) mass is 341 g/mol. The van der Waals surface area contributed by atoms with Gasteiger partial charge in [0.1, 0.15) is 0 Å². The zero-order valence-electron chi connectivity index (χ0n) is 14.6. The maximum Gasteiger partial charge on any atom is 0.339 e. The lowest BCUT2D eigenvalue weighted by Crippen LogP contribution is -2.31. The number of benzene rings is 2. The highest BCUT2D eigenvalue weighted by molar-refractivity contribution is 5.94. The van der Waals surface area contributed by atoms with Crippen LogP contribution in [0.4, 0.5) is 5.69 Å². The summed E-state index contributed by atoms with van der Waals surface area (Å²) in [4.78, 5) is 14.4. The summed E-state index contributed by atoms with van der Waals surface area (Å²) in [5, 5.41) is 0. The molecule has 132 valence electrons. The molecule has 0 spiro atoms. The molecule has 25 heavy (non-hydrogen) atoms. The molecule has 0 bridgehead atoms. The van der Waals surface area contributed by atoms with E-state index in [0.29, 0.717) is 18.8 Å². The highest BCUT2D eigenvalue weighted by Crippen LogP contribution is 2.39. The summed E-state index contributed by atoms with van der Waals surface area (Å²) in [6.45, 7) is 2.69. The highest BCUT2D eigenvalue weighted by Gasteiger charge is 2.33. The number of rotatable bonds is 8. The number of cyclic esters (lactones) is 1. The Balaban J connectivity index is 1.97. The van der Waals surface area contributed by atoms with Crippen LogP contribution in [0, 0.1) is 0 Å². The lowest BCUT2D eigenvalue weighted by Gasteiger charge is -2.28. The third kappa shape index (κ3) is 3.67. The maximum atomic E-state index is 12.2. The fourth-order valence-electron chi connectivity index (χ4n) is 3.13. The van der Waals surface area contributed by atoms with Crippen molar-refractivity contribution >= 4 is 11.7 Å². The summed E-state index contributed by atoms with van der Waals surface area (Å²) in [6.07, 6.45) is -0.382. The van der Waals surface area contributed by atoms with Gasteiger partial charge in [0.05, 0.1) is 18.8 Å². The first-order valence-corrected chi connectivity index (χ1v) is 8.38. The zero-order valence-corrected chi connectivity index (χ0v) is 14.6. The van der Waals surface area contributed by atoms with Crippen LogP contribution in [-0.2, 0) is 14.2 Å². The van der Waals surface area contributed by atoms with Crippen molar-refractivity contribution in [1.29, 1.82) is 0 Å². The van der Waals surface area contributed by atoms with E-state index < -0.39 is 0 Å². The Morgan fingerprint density at radius 3 is 2.20 bits per heavy atom. The number of para-hydroxylation sites is 1. The average Bonchev–Trinajstić information content (AvgIpc) is 2.99. The van der Waals surface area contributed by atoms with E-state index in [1.165, 1.54) is 0 Å². The Labute approximate surface area is 148 Å². The number of hydrogen-bond acceptors (Lipinski definition) is 5. The molecule has 3 rings (SSSR count). The maximum absolute atomic E-state index is 12.2. The zero-order chi connectivity index (χ0) is 17.6. The Morgan fingerprint density at radius 2 is 1.52 bits per heavy atom. The lowest BCUT2D eigenvalue weighted by atomic mass is 9.97. The smallest absolute Gasteiger partial charge is 0.339 e. The van der Waals surface area contributed by atoms with Crippen LogP contribution >= 0.6 is 0 Å². The molecule has 0 aliphatic carbocycles. The Bertz CT molecular complexity index is 723. The van der Waals surface area contributed by atoms with Gasteiger partial charge in [-0.15, -0.1) is 0 Å². The van der Waals surface area contributed by atoms with Crippen LogP contribution in [0.1, 0.15) is 27.6 Å². The van der Waals surface area contributed by atoms with E-state index in [1.807, 2.05) is 42.5 Å². The van der Waals surface area contributed by atoms with Gasteiger partial charge < -0.3 is 19.1 Å². The third-order valence-corrected chi connectivity index (χ3v) is 4.38. The highest BCUT2D eigenvalue weighted by atomic mass is 16.5. The summed E-state index contributed by atoms with van der Waals surface area (Å²) in [7, 11) is 3.38. The molecule has 0 amide bonds. The predicted molar refractivity (Wildman–Crippen MR) is 96.1 cm³/mol. The number of nitrogens with zero attached hydrogens (tertiary/aromatic N) is 1. The summed E-state index contributed by atoms with van der Waals surface area (Å²) >= 11 is 0. The molecule has 1 heterocycles. The first-order valence-electron chi connectivity index (χ1n) is 8.38. The topological polar surface area (TPSA) is 48.0 Å². The quantitative estimate of drug-likeness (QED) is 0.691. The number of fused-ring (bicyclic) bond motifs is 1. The second-order valence-corrected chi connectivity index (χ2v) is 5.90. The molecule has 1 unspecified atom stereocenters.